The van der Waals surface area contributed by atoms with Crippen molar-refractivity contribution < 1.29 is 24.6 Å². The van der Waals surface area contributed by atoms with Crippen LogP contribution in [0.2, 0.25) is 0 Å². The van der Waals surface area contributed by atoms with Crippen LogP contribution < -0.4 is 0 Å². The third kappa shape index (κ3) is 8.70. The topological polar surface area (TPSA) is 88.4 Å². The van der Waals surface area contributed by atoms with Gasteiger partial charge in [0, 0.05) is 6.92 Å². The zero-order chi connectivity index (χ0) is 22.1. The van der Waals surface area contributed by atoms with Gasteiger partial charge in [-0.25, -0.2) is 0 Å². The molecule has 1 aliphatic heterocycles. The van der Waals surface area contributed by atoms with Gasteiger partial charge in [0.2, 0.25) is 0 Å². The van der Waals surface area contributed by atoms with Crippen molar-refractivity contribution in [2.24, 2.45) is 11.1 Å². The average Bonchev–Trinajstić information content (AvgIpc) is 2.78. The van der Waals surface area contributed by atoms with Crippen molar-refractivity contribution in [2.75, 3.05) is 6.61 Å². The van der Waals surface area contributed by atoms with E-state index in [1.807, 2.05) is 27.7 Å². The van der Waals surface area contributed by atoms with Crippen molar-refractivity contribution >= 4 is 12.2 Å². The second-order valence-electron chi connectivity index (χ2n) is 8.96. The first-order valence-corrected chi connectivity index (χ1v) is 10.5. The van der Waals surface area contributed by atoms with Gasteiger partial charge >= 0.3 is 5.97 Å². The monoisotopic (exact) mass is 409 g/mol. The highest BCUT2D eigenvalue weighted by molar-refractivity contribution is 5.71. The first-order valence-electron chi connectivity index (χ1n) is 10.5. The summed E-state index contributed by atoms with van der Waals surface area (Å²) in [5, 5.41) is 22.4. The molecule has 0 aromatic rings. The van der Waals surface area contributed by atoms with Crippen LogP contribution in [0.4, 0.5) is 0 Å². The van der Waals surface area contributed by atoms with Gasteiger partial charge in [0.05, 0.1) is 18.4 Å². The van der Waals surface area contributed by atoms with E-state index in [2.05, 4.69) is 18.2 Å². The molecule has 166 valence electrons. The molecule has 0 aromatic carbocycles. The molecule has 1 heterocycles. The molecule has 0 saturated carbocycles. The van der Waals surface area contributed by atoms with Gasteiger partial charge in [-0.1, -0.05) is 30.1 Å². The molecule has 4 atom stereocenters. The SMILES string of the molecule is CC(=O)O[C@@H]1CCC(=CC=NO)CO[C@@]1(C)CCCC(C)C(C)(O)CC=C(C)C. The first-order chi connectivity index (χ1) is 13.5. The zero-order valence-corrected chi connectivity index (χ0v) is 18.9. The summed E-state index contributed by atoms with van der Waals surface area (Å²) in [5.41, 5.74) is 0.860. The van der Waals surface area contributed by atoms with E-state index in [4.69, 9.17) is 14.7 Å². The Hall–Kier alpha value is -1.66. The van der Waals surface area contributed by atoms with Gasteiger partial charge in [-0.15, -0.1) is 0 Å². The molecule has 2 N–H and O–H groups in total. The third-order valence-electron chi connectivity index (χ3n) is 5.98. The van der Waals surface area contributed by atoms with Crippen LogP contribution in [0.25, 0.3) is 0 Å². The number of allylic oxidation sites excluding steroid dienone is 2. The number of carbonyl (C=O) groups is 1. The Balaban J connectivity index is 2.78. The predicted molar refractivity (Wildman–Crippen MR) is 115 cm³/mol. The smallest absolute Gasteiger partial charge is 0.303 e. The van der Waals surface area contributed by atoms with Gasteiger partial charge in [-0.2, -0.15) is 0 Å². The van der Waals surface area contributed by atoms with Crippen LogP contribution in [0.1, 0.15) is 80.1 Å². The Kier molecular flexibility index (Phi) is 10.1. The van der Waals surface area contributed by atoms with Crippen LogP contribution in [0.15, 0.2) is 28.5 Å². The van der Waals surface area contributed by atoms with E-state index in [1.54, 1.807) is 6.08 Å². The summed E-state index contributed by atoms with van der Waals surface area (Å²) in [6.07, 6.45) is 9.27. The van der Waals surface area contributed by atoms with E-state index in [-0.39, 0.29) is 18.0 Å². The van der Waals surface area contributed by atoms with Crippen LogP contribution >= 0.6 is 0 Å². The van der Waals surface area contributed by atoms with Crippen molar-refractivity contribution in [3.8, 4) is 0 Å². The van der Waals surface area contributed by atoms with Crippen molar-refractivity contribution in [3.05, 3.63) is 23.3 Å². The molecule has 0 radical (unpaired) electrons. The van der Waals surface area contributed by atoms with Crippen LogP contribution in [0, 0.1) is 5.92 Å². The number of hydrogen-bond donors (Lipinski definition) is 2. The maximum Gasteiger partial charge on any atom is 0.303 e. The van der Waals surface area contributed by atoms with Gasteiger partial charge < -0.3 is 19.8 Å². The number of oxime groups is 1. The van der Waals surface area contributed by atoms with Crippen LogP contribution in [0.5, 0.6) is 0 Å². The molecule has 0 spiro atoms. The van der Waals surface area contributed by atoms with E-state index in [0.717, 1.165) is 24.8 Å². The molecule has 1 fully saturated rings. The molecular formula is C23H39NO5. The Bertz CT molecular complexity index is 619. The number of rotatable bonds is 9. The van der Waals surface area contributed by atoms with Crippen molar-refractivity contribution in [1.82, 2.24) is 0 Å². The molecule has 1 rings (SSSR count). The van der Waals surface area contributed by atoms with E-state index in [1.165, 1.54) is 18.7 Å². The summed E-state index contributed by atoms with van der Waals surface area (Å²) >= 11 is 0. The van der Waals surface area contributed by atoms with E-state index < -0.39 is 11.2 Å². The fourth-order valence-corrected chi connectivity index (χ4v) is 3.61. The quantitative estimate of drug-likeness (QED) is 0.188. The maximum absolute atomic E-state index is 11.6. The standard InChI is InChI=1S/C23H39NO5/c1-17(2)11-14-22(5,26)18(3)8-7-13-23(6)21(29-19(4)25)10-9-20(16-28-23)12-15-24-27/h11-12,15,18,21,26-27H,7-10,13-14,16H2,1-6H3/t18?,21-,22?,23+/m1/s1. The Morgan fingerprint density at radius 3 is 2.72 bits per heavy atom. The lowest BCUT2D eigenvalue weighted by Crippen LogP contribution is -2.44. The van der Waals surface area contributed by atoms with E-state index >= 15 is 0 Å². The third-order valence-corrected chi connectivity index (χ3v) is 5.98. The summed E-state index contributed by atoms with van der Waals surface area (Å²) < 4.78 is 11.8. The minimum Gasteiger partial charge on any atom is -0.459 e. The lowest BCUT2D eigenvalue weighted by Gasteiger charge is -2.36. The average molecular weight is 410 g/mol. The lowest BCUT2D eigenvalue weighted by molar-refractivity contribution is -0.168. The maximum atomic E-state index is 11.6. The number of nitrogens with zero attached hydrogens (tertiary/aromatic N) is 1. The normalized spacial score (nSPS) is 27.3. The van der Waals surface area contributed by atoms with Gasteiger partial charge in [0.1, 0.15) is 11.7 Å². The van der Waals surface area contributed by atoms with Crippen LogP contribution in [0.3, 0.4) is 0 Å². The molecule has 29 heavy (non-hydrogen) atoms. The molecule has 2 unspecified atom stereocenters. The van der Waals surface area contributed by atoms with Gasteiger partial charge in [0.15, 0.2) is 0 Å². The highest BCUT2D eigenvalue weighted by atomic mass is 16.6. The summed E-state index contributed by atoms with van der Waals surface area (Å²) in [6, 6.07) is 0. The molecular weight excluding hydrogens is 370 g/mol. The Labute approximate surface area is 175 Å². The van der Waals surface area contributed by atoms with E-state index in [0.29, 0.717) is 25.9 Å². The predicted octanol–water partition coefficient (Wildman–Crippen LogP) is 4.79. The first kappa shape index (κ1) is 25.4. The fraction of sp³-hybridized carbons (Fsp3) is 0.739. The number of carbonyl (C=O) groups excluding carboxylic acids is 1. The summed E-state index contributed by atoms with van der Waals surface area (Å²) in [6.45, 7) is 11.9. The van der Waals surface area contributed by atoms with Crippen molar-refractivity contribution in [2.45, 2.75) is 97.4 Å². The Morgan fingerprint density at radius 2 is 2.14 bits per heavy atom. The minimum absolute atomic E-state index is 0.135. The largest absolute Gasteiger partial charge is 0.459 e. The molecule has 6 heteroatoms. The highest BCUT2D eigenvalue weighted by Gasteiger charge is 2.40. The summed E-state index contributed by atoms with van der Waals surface area (Å²) in [4.78, 5) is 11.6. The summed E-state index contributed by atoms with van der Waals surface area (Å²) in [7, 11) is 0. The fourth-order valence-electron chi connectivity index (χ4n) is 3.61. The molecule has 0 amide bonds. The van der Waals surface area contributed by atoms with Gasteiger partial charge in [0.25, 0.3) is 0 Å². The number of ether oxygens (including phenoxy) is 2. The molecule has 0 bridgehead atoms. The number of esters is 1. The zero-order valence-electron chi connectivity index (χ0n) is 18.9. The van der Waals surface area contributed by atoms with Crippen LogP contribution in [-0.2, 0) is 14.3 Å². The molecule has 1 aliphatic rings. The highest BCUT2D eigenvalue weighted by Crippen LogP contribution is 2.35. The molecule has 0 aromatic heterocycles. The molecule has 6 nitrogen and oxygen atoms in total. The van der Waals surface area contributed by atoms with Crippen LogP contribution in [-0.4, -0.2) is 46.4 Å². The molecule has 1 saturated heterocycles. The van der Waals surface area contributed by atoms with E-state index in [9.17, 15) is 9.90 Å². The summed E-state index contributed by atoms with van der Waals surface area (Å²) in [5.74, 6) is -0.178. The van der Waals surface area contributed by atoms with Gasteiger partial charge in [-0.3, -0.25) is 4.79 Å². The second-order valence-corrected chi connectivity index (χ2v) is 8.96. The van der Waals surface area contributed by atoms with Crippen molar-refractivity contribution in [1.29, 1.82) is 0 Å². The minimum atomic E-state index is -0.753. The number of hydrogen-bond acceptors (Lipinski definition) is 6. The molecule has 0 aliphatic carbocycles. The second kappa shape index (κ2) is 11.5. The van der Waals surface area contributed by atoms with Gasteiger partial charge in [-0.05, 0) is 77.4 Å². The Morgan fingerprint density at radius 1 is 1.45 bits per heavy atom. The number of aliphatic hydroxyl groups is 1. The van der Waals surface area contributed by atoms with Crippen molar-refractivity contribution in [3.63, 3.8) is 0 Å². The lowest BCUT2D eigenvalue weighted by atomic mass is 9.81.